The number of hydrogen-bond acceptors (Lipinski definition) is 11. The molecule has 0 amide bonds. The summed E-state index contributed by atoms with van der Waals surface area (Å²) in [5.74, 6) is -6.92. The average Bonchev–Trinajstić information content (AvgIpc) is 2.55. The fraction of sp³-hybridized carbons (Fsp3) is 0.750. The predicted octanol–water partition coefficient (Wildman–Crippen LogP) is -6.00. The Labute approximate surface area is 139 Å². The molecule has 0 aromatic carbocycles. The van der Waals surface area contributed by atoms with Gasteiger partial charge < -0.3 is 51.1 Å². The molecule has 0 saturated carbocycles. The molecule has 0 radical (unpaired) electrons. The maximum Gasteiger partial charge on any atom is 0.346 e. The molecule has 0 aliphatic rings. The van der Waals surface area contributed by atoms with E-state index in [-0.39, 0.29) is 0 Å². The Morgan fingerprint density at radius 3 is 1.52 bits per heavy atom. The Bertz CT molecular complexity index is 505. The monoisotopic (exact) mass is 372 g/mol. The second kappa shape index (κ2) is 8.59. The summed E-state index contributed by atoms with van der Waals surface area (Å²) in [6.45, 7) is 0.941. The number of aliphatic hydroxyl groups is 8. The van der Waals surface area contributed by atoms with E-state index in [2.05, 4.69) is 0 Å². The number of aliphatic hydroxyl groups excluding tert-OH is 7. The van der Waals surface area contributed by atoms with Crippen LogP contribution in [0.25, 0.3) is 0 Å². The summed E-state index contributed by atoms with van der Waals surface area (Å²) in [6, 6.07) is 0. The van der Waals surface area contributed by atoms with Crippen LogP contribution >= 0.6 is 0 Å². The number of carbonyl (C=O) groups excluding carboxylic acids is 1. The molecule has 0 saturated heterocycles. The average molecular weight is 372 g/mol. The van der Waals surface area contributed by atoms with Crippen LogP contribution < -0.4 is 0 Å². The second-order valence-electron chi connectivity index (χ2n) is 5.32. The van der Waals surface area contributed by atoms with Crippen molar-refractivity contribution in [3.8, 4) is 0 Å². The van der Waals surface area contributed by atoms with E-state index in [1.165, 1.54) is 0 Å². The van der Waals surface area contributed by atoms with Crippen molar-refractivity contribution in [1.29, 1.82) is 0 Å². The maximum atomic E-state index is 12.0. The first kappa shape index (κ1) is 23.3. The number of hydrogen-bond donors (Lipinski definition) is 10. The highest BCUT2D eigenvalue weighted by atomic mass is 16.5. The zero-order valence-electron chi connectivity index (χ0n) is 12.7. The van der Waals surface area contributed by atoms with Gasteiger partial charge in [0.15, 0.2) is 6.10 Å². The smallest absolute Gasteiger partial charge is 0.346 e. The number of rotatable bonds is 10. The first-order valence-corrected chi connectivity index (χ1v) is 6.70. The largest absolute Gasteiger partial charge is 0.479 e. The van der Waals surface area contributed by atoms with Crippen LogP contribution in [0.15, 0.2) is 0 Å². The van der Waals surface area contributed by atoms with Gasteiger partial charge >= 0.3 is 11.9 Å². The molecule has 0 aliphatic carbocycles. The van der Waals surface area contributed by atoms with Crippen LogP contribution in [0.1, 0.15) is 6.92 Å². The molecule has 0 bridgehead atoms. The molecule has 0 rings (SSSR count). The first-order valence-electron chi connectivity index (χ1n) is 6.70. The summed E-state index contributed by atoms with van der Waals surface area (Å²) in [5.41, 5.74) is -4.06. The van der Waals surface area contributed by atoms with E-state index < -0.39 is 66.1 Å². The molecule has 146 valence electrons. The van der Waals surface area contributed by atoms with Crippen LogP contribution in [0, 0.1) is 0 Å². The summed E-state index contributed by atoms with van der Waals surface area (Å²) < 4.78 is 0. The maximum absolute atomic E-state index is 12.0. The Kier molecular flexibility index (Phi) is 8.00. The van der Waals surface area contributed by atoms with E-state index in [0.29, 0.717) is 0 Å². The minimum absolute atomic E-state index is 0.941. The van der Waals surface area contributed by atoms with Gasteiger partial charge in [-0.2, -0.15) is 0 Å². The summed E-state index contributed by atoms with van der Waals surface area (Å²) in [5, 5.41) is 93.0. The number of Topliss-reactive ketones (excluding diaryl/α,β-unsaturated/α-hetero) is 1. The number of carboxylic acid groups (broad SMARTS) is 2. The van der Waals surface area contributed by atoms with Crippen molar-refractivity contribution in [2.75, 3.05) is 0 Å². The molecule has 13 nitrogen and oxygen atoms in total. The molecule has 10 N–H and O–H groups in total. The van der Waals surface area contributed by atoms with Gasteiger partial charge in [0.1, 0.15) is 30.5 Å². The molecule has 8 atom stereocenters. The van der Waals surface area contributed by atoms with Crippen LogP contribution in [0.4, 0.5) is 0 Å². The third kappa shape index (κ3) is 4.68. The van der Waals surface area contributed by atoms with Crippen molar-refractivity contribution in [2.45, 2.75) is 55.3 Å². The third-order valence-electron chi connectivity index (χ3n) is 3.47. The van der Waals surface area contributed by atoms with E-state index in [0.717, 1.165) is 6.92 Å². The minimum atomic E-state index is -4.06. The van der Waals surface area contributed by atoms with Crippen molar-refractivity contribution >= 4 is 17.7 Å². The zero-order valence-corrected chi connectivity index (χ0v) is 12.7. The van der Waals surface area contributed by atoms with Gasteiger partial charge in [-0.1, -0.05) is 0 Å². The van der Waals surface area contributed by atoms with E-state index in [9.17, 15) is 45.0 Å². The molecular formula is C12H20O13. The molecule has 13 heteroatoms. The molecule has 0 aliphatic heterocycles. The molecule has 0 unspecified atom stereocenters. The topological polar surface area (TPSA) is 254 Å². The molecule has 0 fully saturated rings. The van der Waals surface area contributed by atoms with Crippen LogP contribution in [0.2, 0.25) is 0 Å². The van der Waals surface area contributed by atoms with Gasteiger partial charge in [-0.05, 0) is 6.92 Å². The van der Waals surface area contributed by atoms with Crippen LogP contribution in [-0.2, 0) is 14.4 Å². The summed E-state index contributed by atoms with van der Waals surface area (Å²) in [7, 11) is 0. The SMILES string of the molecule is C[C@@H](O)[C@@H](O)[C@H](O)[C@@H](O)C(=O)[C@](O)(C(=O)O)[C@@H](O)[C@H](O)[C@H](O)C(=O)O. The quantitative estimate of drug-likeness (QED) is 0.160. The summed E-state index contributed by atoms with van der Waals surface area (Å²) >= 11 is 0. The molecule has 0 aromatic rings. The Morgan fingerprint density at radius 2 is 1.20 bits per heavy atom. The second-order valence-corrected chi connectivity index (χ2v) is 5.32. The fourth-order valence-electron chi connectivity index (χ4n) is 1.80. The zero-order chi connectivity index (χ0) is 20.3. The van der Waals surface area contributed by atoms with Crippen molar-refractivity contribution in [3.63, 3.8) is 0 Å². The van der Waals surface area contributed by atoms with Gasteiger partial charge in [0.25, 0.3) is 5.60 Å². The van der Waals surface area contributed by atoms with Gasteiger partial charge in [-0.15, -0.1) is 0 Å². The molecule has 0 spiro atoms. The van der Waals surface area contributed by atoms with Crippen molar-refractivity contribution < 1.29 is 65.4 Å². The molecule has 0 heterocycles. The van der Waals surface area contributed by atoms with Gasteiger partial charge in [-0.25, -0.2) is 9.59 Å². The predicted molar refractivity (Wildman–Crippen MR) is 73.0 cm³/mol. The highest BCUT2D eigenvalue weighted by Gasteiger charge is 2.58. The number of ketones is 1. The number of carbonyl (C=O) groups is 3. The van der Waals surface area contributed by atoms with Crippen molar-refractivity contribution in [2.24, 2.45) is 0 Å². The Hall–Kier alpha value is -1.71. The fourth-order valence-corrected chi connectivity index (χ4v) is 1.80. The minimum Gasteiger partial charge on any atom is -0.479 e. The molecule has 0 aromatic heterocycles. The highest BCUT2D eigenvalue weighted by Crippen LogP contribution is 2.22. The van der Waals surface area contributed by atoms with Crippen molar-refractivity contribution in [1.82, 2.24) is 0 Å². The van der Waals surface area contributed by atoms with Gasteiger partial charge in [0.05, 0.1) is 6.10 Å². The van der Waals surface area contributed by atoms with Gasteiger partial charge in [0, 0.05) is 0 Å². The lowest BCUT2D eigenvalue weighted by Crippen LogP contribution is -2.66. The van der Waals surface area contributed by atoms with E-state index in [1.54, 1.807) is 0 Å². The summed E-state index contributed by atoms with van der Waals surface area (Å²) in [6.07, 6.45) is -18.1. The van der Waals surface area contributed by atoms with E-state index >= 15 is 0 Å². The van der Waals surface area contributed by atoms with Crippen molar-refractivity contribution in [3.05, 3.63) is 0 Å². The summed E-state index contributed by atoms with van der Waals surface area (Å²) in [4.78, 5) is 33.7. The van der Waals surface area contributed by atoms with Gasteiger partial charge in [-0.3, -0.25) is 4.79 Å². The number of aliphatic carboxylic acids is 2. The molecular weight excluding hydrogens is 352 g/mol. The highest BCUT2D eigenvalue weighted by molar-refractivity contribution is 6.09. The standard InChI is InChI=1S/C12H20O13/c1-2(13)3(14)4(15)5(16)8(19)12(25,11(23)24)9(20)6(17)7(18)10(21)22/h2-7,9,13-18,20,25H,1H3,(H,21,22)(H,23,24)/t2-,3-,4+,5-,6-,7+,9+,12-/m1/s1. The number of carboxylic acids is 2. The van der Waals surface area contributed by atoms with E-state index in [1.807, 2.05) is 0 Å². The lowest BCUT2D eigenvalue weighted by Gasteiger charge is -2.34. The lowest BCUT2D eigenvalue weighted by atomic mass is 9.82. The van der Waals surface area contributed by atoms with E-state index in [4.69, 9.17) is 20.4 Å². The molecule has 25 heavy (non-hydrogen) atoms. The normalized spacial score (nSPS) is 22.6. The third-order valence-corrected chi connectivity index (χ3v) is 3.47. The van der Waals surface area contributed by atoms with Gasteiger partial charge in [0.2, 0.25) is 5.78 Å². The Balaban J connectivity index is 5.74. The Morgan fingerprint density at radius 1 is 0.760 bits per heavy atom. The van der Waals surface area contributed by atoms with Crippen LogP contribution in [-0.4, -0.2) is 117 Å². The first-order chi connectivity index (χ1) is 11.2. The van der Waals surface area contributed by atoms with Crippen LogP contribution in [0.5, 0.6) is 0 Å². The lowest BCUT2D eigenvalue weighted by molar-refractivity contribution is -0.203. The van der Waals surface area contributed by atoms with Crippen LogP contribution in [0.3, 0.4) is 0 Å².